The molecule has 210 valence electrons. The third-order valence-corrected chi connectivity index (χ3v) is 9.87. The second-order valence-electron chi connectivity index (χ2n) is 10.2. The molecular weight excluding hydrogens is 544 g/mol. The summed E-state index contributed by atoms with van der Waals surface area (Å²) in [6.45, 7) is 2.38. The molecule has 2 aromatic carbocycles. The predicted octanol–water partition coefficient (Wildman–Crippen LogP) is 3.94. The molecule has 41 heavy (non-hydrogen) atoms. The van der Waals surface area contributed by atoms with Crippen LogP contribution in [0.25, 0.3) is 21.9 Å². The largest absolute Gasteiger partial charge is 0.459 e. The molecule has 0 atom stereocenters. The van der Waals surface area contributed by atoms with E-state index in [1.165, 1.54) is 12.5 Å². The first kappa shape index (κ1) is 26.5. The number of primary amides is 1. The number of likely N-dealkylation sites (tertiary alicyclic amines) is 1. The normalized spacial score (nSPS) is 14.5. The minimum atomic E-state index is -3.77. The van der Waals surface area contributed by atoms with Crippen molar-refractivity contribution in [3.05, 3.63) is 78.1 Å². The Morgan fingerprint density at radius 2 is 1.88 bits per heavy atom. The van der Waals surface area contributed by atoms with E-state index in [0.29, 0.717) is 53.8 Å². The number of nitrogens with one attached hydrogen (secondary N) is 1. The van der Waals surface area contributed by atoms with E-state index in [1.807, 2.05) is 29.8 Å². The van der Waals surface area contributed by atoms with E-state index in [2.05, 4.69) is 15.3 Å². The van der Waals surface area contributed by atoms with Gasteiger partial charge in [0, 0.05) is 37.4 Å². The number of imidazole rings is 1. The van der Waals surface area contributed by atoms with Crippen molar-refractivity contribution in [3.8, 4) is 0 Å². The zero-order valence-corrected chi connectivity index (χ0v) is 23.3. The summed E-state index contributed by atoms with van der Waals surface area (Å²) in [5.41, 5.74) is 9.81. The summed E-state index contributed by atoms with van der Waals surface area (Å²) in [7, 11) is -1.89. The molecule has 1 saturated heterocycles. The number of aryl methyl sites for hydroxylation is 2. The van der Waals surface area contributed by atoms with E-state index >= 15 is 0 Å². The number of amides is 2. The lowest BCUT2D eigenvalue weighted by atomic mass is 10.1. The highest BCUT2D eigenvalue weighted by Gasteiger charge is 2.34. The van der Waals surface area contributed by atoms with E-state index in [4.69, 9.17) is 10.2 Å². The topological polar surface area (TPSA) is 153 Å². The summed E-state index contributed by atoms with van der Waals surface area (Å²) in [6.07, 6.45) is 5.14. The maximum atomic E-state index is 13.9. The second kappa shape index (κ2) is 10.0. The summed E-state index contributed by atoms with van der Waals surface area (Å²) < 4.78 is 34.8. The van der Waals surface area contributed by atoms with Crippen molar-refractivity contribution in [1.29, 1.82) is 0 Å². The van der Waals surface area contributed by atoms with Crippen molar-refractivity contribution < 1.29 is 22.4 Å². The van der Waals surface area contributed by atoms with E-state index < -0.39 is 21.0 Å². The Labute approximate surface area is 235 Å². The van der Waals surface area contributed by atoms with Gasteiger partial charge in [-0.3, -0.25) is 14.6 Å². The number of hydrogen-bond donors (Lipinski definition) is 2. The molecule has 6 rings (SSSR count). The zero-order valence-electron chi connectivity index (χ0n) is 22.5. The van der Waals surface area contributed by atoms with Crippen LogP contribution in [0.3, 0.4) is 0 Å². The molecule has 0 radical (unpaired) electrons. The van der Waals surface area contributed by atoms with Gasteiger partial charge in [-0.2, -0.15) is 0 Å². The van der Waals surface area contributed by atoms with E-state index in [9.17, 15) is 18.0 Å². The molecular formula is C29H28N6O5S. The summed E-state index contributed by atoms with van der Waals surface area (Å²) in [6, 6.07) is 12.0. The van der Waals surface area contributed by atoms with Gasteiger partial charge in [-0.05, 0) is 67.8 Å². The lowest BCUT2D eigenvalue weighted by Gasteiger charge is -2.31. The molecule has 0 saturated carbocycles. The summed E-state index contributed by atoms with van der Waals surface area (Å²) in [5.74, 6) is -0.711. The SMILES string of the molecule is Cc1cc(S(=O)(=O)C2CCN(C(=O)c3ccco3)CC2)cc2c(Nc3ccc4ncn(C)c4c3)c(C(N)=O)cnc12. The molecule has 0 unspecified atom stereocenters. The zero-order chi connectivity index (χ0) is 28.9. The number of pyridine rings is 1. The molecule has 12 heteroatoms. The monoisotopic (exact) mass is 572 g/mol. The Hall–Kier alpha value is -4.71. The fourth-order valence-corrected chi connectivity index (χ4v) is 7.24. The first-order chi connectivity index (χ1) is 19.6. The average molecular weight is 573 g/mol. The lowest BCUT2D eigenvalue weighted by molar-refractivity contribution is 0.0693. The highest BCUT2D eigenvalue weighted by Crippen LogP contribution is 2.35. The summed E-state index contributed by atoms with van der Waals surface area (Å²) >= 11 is 0. The fraction of sp³-hybridized carbons (Fsp3) is 0.241. The van der Waals surface area contributed by atoms with Gasteiger partial charge in [0.05, 0.1) is 50.5 Å². The molecule has 1 fully saturated rings. The Morgan fingerprint density at radius 1 is 1.10 bits per heavy atom. The van der Waals surface area contributed by atoms with Crippen LogP contribution in [0.15, 0.2) is 70.6 Å². The third-order valence-electron chi connectivity index (χ3n) is 7.62. The van der Waals surface area contributed by atoms with E-state index in [1.54, 1.807) is 42.4 Å². The first-order valence-electron chi connectivity index (χ1n) is 13.1. The van der Waals surface area contributed by atoms with Crippen molar-refractivity contribution in [1.82, 2.24) is 19.4 Å². The number of aromatic nitrogens is 3. The van der Waals surface area contributed by atoms with Crippen LogP contribution in [-0.4, -0.2) is 58.0 Å². The average Bonchev–Trinajstić information content (AvgIpc) is 3.63. The standard InChI is InChI=1S/C29H28N6O5S/c1-17-12-20(41(38,39)19-7-9-35(10-8-19)29(37)25-4-3-11-40-25)14-21-26(17)31-15-22(28(30)36)27(21)33-18-5-6-23-24(13-18)34(2)16-32-23/h3-6,11-16,19H,7-10H2,1-2H3,(H2,30,36)(H,31,33). The van der Waals surface area contributed by atoms with Crippen molar-refractivity contribution in [3.63, 3.8) is 0 Å². The smallest absolute Gasteiger partial charge is 0.289 e. The molecule has 11 nitrogen and oxygen atoms in total. The number of nitrogens with zero attached hydrogens (tertiary/aromatic N) is 4. The number of hydrogen-bond acceptors (Lipinski definition) is 8. The van der Waals surface area contributed by atoms with Gasteiger partial charge in [-0.15, -0.1) is 0 Å². The Balaban J connectivity index is 1.36. The van der Waals surface area contributed by atoms with Crippen LogP contribution in [-0.2, 0) is 16.9 Å². The van der Waals surface area contributed by atoms with Crippen LogP contribution in [0.2, 0.25) is 0 Å². The minimum Gasteiger partial charge on any atom is -0.459 e. The van der Waals surface area contributed by atoms with Crippen molar-refractivity contribution in [2.45, 2.75) is 29.9 Å². The number of rotatable bonds is 6. The van der Waals surface area contributed by atoms with Gasteiger partial charge in [-0.25, -0.2) is 13.4 Å². The minimum absolute atomic E-state index is 0.131. The highest BCUT2D eigenvalue weighted by molar-refractivity contribution is 7.92. The number of nitrogens with two attached hydrogens (primary N) is 1. The second-order valence-corrected chi connectivity index (χ2v) is 12.5. The first-order valence-corrected chi connectivity index (χ1v) is 14.7. The van der Waals surface area contributed by atoms with Crippen LogP contribution in [0.4, 0.5) is 11.4 Å². The van der Waals surface area contributed by atoms with Gasteiger partial charge in [-0.1, -0.05) is 0 Å². The maximum Gasteiger partial charge on any atom is 0.289 e. The number of piperidine rings is 1. The predicted molar refractivity (Wildman–Crippen MR) is 154 cm³/mol. The van der Waals surface area contributed by atoms with Crippen molar-refractivity contribution in [2.24, 2.45) is 12.8 Å². The molecule has 0 spiro atoms. The number of carbonyl (C=O) groups is 2. The molecule has 3 N–H and O–H groups in total. The molecule has 2 amide bonds. The van der Waals surface area contributed by atoms with Crippen LogP contribution >= 0.6 is 0 Å². The van der Waals surface area contributed by atoms with E-state index in [0.717, 1.165) is 11.0 Å². The van der Waals surface area contributed by atoms with Crippen LogP contribution < -0.4 is 11.1 Å². The number of fused-ring (bicyclic) bond motifs is 2. The quantitative estimate of drug-likeness (QED) is 0.310. The number of anilines is 2. The van der Waals surface area contributed by atoms with Crippen molar-refractivity contribution >= 4 is 55.0 Å². The molecule has 1 aliphatic heterocycles. The summed E-state index contributed by atoms with van der Waals surface area (Å²) in [4.78, 5) is 35.6. The molecule has 5 aromatic rings. The maximum absolute atomic E-state index is 13.9. The number of sulfone groups is 1. The van der Waals surface area contributed by atoms with Crippen molar-refractivity contribution in [2.75, 3.05) is 18.4 Å². The van der Waals surface area contributed by atoms with Gasteiger partial charge in [0.15, 0.2) is 15.6 Å². The number of carbonyl (C=O) groups excluding carboxylic acids is 2. The van der Waals surface area contributed by atoms with Gasteiger partial charge in [0.2, 0.25) is 0 Å². The van der Waals surface area contributed by atoms with Crippen LogP contribution in [0.5, 0.6) is 0 Å². The van der Waals surface area contributed by atoms with Crippen LogP contribution in [0.1, 0.15) is 39.3 Å². The molecule has 1 aliphatic rings. The van der Waals surface area contributed by atoms with Gasteiger partial charge >= 0.3 is 0 Å². The Kier molecular flexibility index (Phi) is 6.49. The summed E-state index contributed by atoms with van der Waals surface area (Å²) in [5, 5.41) is 3.09. The number of furan rings is 1. The van der Waals surface area contributed by atoms with Gasteiger partial charge in [0.25, 0.3) is 11.8 Å². The highest BCUT2D eigenvalue weighted by atomic mass is 32.2. The molecule has 0 aliphatic carbocycles. The molecule has 4 heterocycles. The Morgan fingerprint density at radius 3 is 2.59 bits per heavy atom. The Bertz CT molecular complexity index is 1920. The third kappa shape index (κ3) is 4.69. The van der Waals surface area contributed by atoms with E-state index in [-0.39, 0.29) is 22.1 Å². The van der Waals surface area contributed by atoms with Gasteiger partial charge in [0.1, 0.15) is 0 Å². The fourth-order valence-electron chi connectivity index (χ4n) is 5.40. The molecule has 0 bridgehead atoms. The van der Waals surface area contributed by atoms with Gasteiger partial charge < -0.3 is 24.9 Å². The molecule has 3 aromatic heterocycles. The lowest BCUT2D eigenvalue weighted by Crippen LogP contribution is -2.42. The number of benzene rings is 2. The van der Waals surface area contributed by atoms with Crippen LogP contribution in [0, 0.1) is 6.92 Å².